The number of nitrogens with one attached hydrogen (secondary N) is 1. The number of pyridine rings is 1. The summed E-state index contributed by atoms with van der Waals surface area (Å²) >= 11 is 2.86. The van der Waals surface area contributed by atoms with Crippen molar-refractivity contribution in [1.29, 1.82) is 0 Å². The topological polar surface area (TPSA) is 134 Å². The van der Waals surface area contributed by atoms with E-state index in [0.717, 1.165) is 19.6 Å². The Kier molecular flexibility index (Phi) is 7.88. The largest absolute Gasteiger partial charge is 0.289 e. The van der Waals surface area contributed by atoms with E-state index in [1.54, 1.807) is 29.4 Å². The summed E-state index contributed by atoms with van der Waals surface area (Å²) in [5.74, 6) is -1.33. The van der Waals surface area contributed by atoms with E-state index < -0.39 is 42.7 Å². The number of rotatable bonds is 7. The fourth-order valence-corrected chi connectivity index (χ4v) is 9.77. The Bertz CT molecular complexity index is 1440. The van der Waals surface area contributed by atoms with Gasteiger partial charge < -0.3 is 0 Å². The number of amides is 1. The molecule has 0 saturated carbocycles. The molecule has 1 aliphatic heterocycles. The van der Waals surface area contributed by atoms with Crippen LogP contribution >= 0.6 is 23.1 Å². The molecule has 3 aromatic rings. The number of carbonyl (C=O) groups excluding carboxylic acids is 1. The van der Waals surface area contributed by atoms with Gasteiger partial charge >= 0.3 is 0 Å². The van der Waals surface area contributed by atoms with Gasteiger partial charge in [0.25, 0.3) is 0 Å². The fourth-order valence-electron chi connectivity index (χ4n) is 4.23. The minimum atomic E-state index is -4.02. The molecule has 0 aliphatic carbocycles. The molecular formula is C23H25N3O6S4. The molecule has 192 valence electrons. The molecule has 1 amide bonds. The maximum atomic E-state index is 13.7. The quantitative estimate of drug-likeness (QED) is 0.253. The number of thiophene rings is 1. The molecule has 1 saturated heterocycles. The Morgan fingerprint density at radius 1 is 1.19 bits per heavy atom. The highest BCUT2D eigenvalue weighted by molar-refractivity contribution is 7.98. The summed E-state index contributed by atoms with van der Waals surface area (Å²) in [6.07, 6.45) is 3.97. The van der Waals surface area contributed by atoms with Crippen molar-refractivity contribution in [2.45, 2.75) is 27.4 Å². The van der Waals surface area contributed by atoms with Crippen LogP contribution in [0.5, 0.6) is 0 Å². The van der Waals surface area contributed by atoms with Crippen molar-refractivity contribution in [3.05, 3.63) is 65.8 Å². The molecule has 36 heavy (non-hydrogen) atoms. The second-order valence-electron chi connectivity index (χ2n) is 8.26. The molecule has 2 aromatic heterocycles. The van der Waals surface area contributed by atoms with E-state index in [-0.39, 0.29) is 24.4 Å². The van der Waals surface area contributed by atoms with E-state index in [4.69, 9.17) is 0 Å². The first kappa shape index (κ1) is 26.8. The van der Waals surface area contributed by atoms with E-state index in [1.807, 2.05) is 30.5 Å². The predicted octanol–water partition coefficient (Wildman–Crippen LogP) is 3.13. The number of sulfonamides is 1. The van der Waals surface area contributed by atoms with Gasteiger partial charge in [-0.2, -0.15) is 4.31 Å². The van der Waals surface area contributed by atoms with Gasteiger partial charge in [-0.05, 0) is 54.6 Å². The highest BCUT2D eigenvalue weighted by Gasteiger charge is 2.50. The average molecular weight is 568 g/mol. The smallest absolute Gasteiger partial charge is 0.245 e. The van der Waals surface area contributed by atoms with Gasteiger partial charge in [0.2, 0.25) is 15.9 Å². The lowest BCUT2D eigenvalue weighted by Crippen LogP contribution is -2.41. The number of aromatic nitrogens is 1. The second-order valence-corrected chi connectivity index (χ2v) is 14.6. The van der Waals surface area contributed by atoms with E-state index >= 15 is 0 Å². The van der Waals surface area contributed by atoms with Crippen molar-refractivity contribution in [2.24, 2.45) is 0 Å². The van der Waals surface area contributed by atoms with Crippen LogP contribution in [-0.2, 0) is 29.4 Å². The summed E-state index contributed by atoms with van der Waals surface area (Å²) in [7, 11) is -8.01. The minimum absolute atomic E-state index is 0.0323. The van der Waals surface area contributed by atoms with Gasteiger partial charge in [0.1, 0.15) is 9.64 Å². The van der Waals surface area contributed by atoms with Crippen LogP contribution in [0.1, 0.15) is 17.7 Å². The van der Waals surface area contributed by atoms with Crippen molar-refractivity contribution >= 4 is 48.9 Å². The highest BCUT2D eigenvalue weighted by atomic mass is 32.2. The van der Waals surface area contributed by atoms with Crippen molar-refractivity contribution in [3.63, 3.8) is 0 Å². The number of hydrogen-bond acceptors (Lipinski definition) is 9. The third-order valence-electron chi connectivity index (χ3n) is 6.24. The van der Waals surface area contributed by atoms with Gasteiger partial charge in [-0.1, -0.05) is 12.1 Å². The molecule has 3 heterocycles. The maximum Gasteiger partial charge on any atom is 0.245 e. The normalized spacial score (nSPS) is 20.5. The third-order valence-corrected chi connectivity index (χ3v) is 12.8. The molecule has 1 atom stereocenters. The van der Waals surface area contributed by atoms with Gasteiger partial charge in [-0.25, -0.2) is 22.3 Å². The number of benzene rings is 1. The highest BCUT2D eigenvalue weighted by Crippen LogP contribution is 2.45. The van der Waals surface area contributed by atoms with Crippen molar-refractivity contribution in [2.75, 3.05) is 25.1 Å². The van der Waals surface area contributed by atoms with E-state index in [2.05, 4.69) is 4.98 Å². The van der Waals surface area contributed by atoms with Crippen LogP contribution in [0, 0.1) is 0 Å². The van der Waals surface area contributed by atoms with Crippen LogP contribution < -0.4 is 5.48 Å². The fraction of sp³-hybridized carbons (Fsp3) is 0.304. The average Bonchev–Trinajstić information content (AvgIpc) is 3.33. The Labute approximate surface area is 218 Å². The molecule has 1 aromatic carbocycles. The number of thioether (sulfide) groups is 1. The molecule has 2 N–H and O–H groups in total. The first-order valence-electron chi connectivity index (χ1n) is 10.9. The minimum Gasteiger partial charge on any atom is -0.289 e. The molecule has 4 rings (SSSR count). The second kappa shape index (κ2) is 10.6. The van der Waals surface area contributed by atoms with Gasteiger partial charge in [0.05, 0.1) is 12.2 Å². The molecule has 0 spiro atoms. The van der Waals surface area contributed by atoms with Gasteiger partial charge in [-0.3, -0.25) is 15.0 Å². The van der Waals surface area contributed by atoms with E-state index in [0.29, 0.717) is 4.88 Å². The third kappa shape index (κ3) is 5.08. The predicted molar refractivity (Wildman–Crippen MR) is 139 cm³/mol. The Balaban J connectivity index is 1.75. The van der Waals surface area contributed by atoms with Crippen LogP contribution in [0.3, 0.4) is 0 Å². The number of sulfone groups is 1. The lowest BCUT2D eigenvalue weighted by atomic mass is 9.97. The Hall–Kier alpha value is -2.29. The molecule has 1 unspecified atom stereocenters. The summed E-state index contributed by atoms with van der Waals surface area (Å²) in [6, 6.07) is 14.2. The van der Waals surface area contributed by atoms with Crippen LogP contribution in [-0.4, -0.2) is 62.3 Å². The summed E-state index contributed by atoms with van der Waals surface area (Å²) in [6.45, 7) is -0.374. The van der Waals surface area contributed by atoms with Gasteiger partial charge in [0.15, 0.2) is 9.84 Å². The number of hydroxylamine groups is 1. The molecule has 1 fully saturated rings. The Morgan fingerprint density at radius 2 is 1.94 bits per heavy atom. The monoisotopic (exact) mass is 567 g/mol. The van der Waals surface area contributed by atoms with Gasteiger partial charge in [-0.15, -0.1) is 23.1 Å². The summed E-state index contributed by atoms with van der Waals surface area (Å²) in [4.78, 5) is 18.5. The molecule has 0 radical (unpaired) electrons. The van der Waals surface area contributed by atoms with Crippen LogP contribution in [0.25, 0.3) is 10.4 Å². The summed E-state index contributed by atoms with van der Waals surface area (Å²) in [5, 5.41) is 9.22. The van der Waals surface area contributed by atoms with Crippen LogP contribution in [0.15, 0.2) is 70.7 Å². The van der Waals surface area contributed by atoms with E-state index in [9.17, 15) is 26.8 Å². The van der Waals surface area contributed by atoms with Gasteiger partial charge in [0, 0.05) is 40.1 Å². The SMILES string of the molecule is CSc1ccc(-c2ccc(C3(CC(=O)NO)CCN(S(=O)(=O)c4cccnc4)CCS3(=O)=O)s2)cc1. The van der Waals surface area contributed by atoms with Crippen LogP contribution in [0.4, 0.5) is 0 Å². The first-order chi connectivity index (χ1) is 17.1. The van der Waals surface area contributed by atoms with Crippen molar-refractivity contribution in [3.8, 4) is 10.4 Å². The maximum absolute atomic E-state index is 13.7. The summed E-state index contributed by atoms with van der Waals surface area (Å²) in [5.41, 5.74) is 2.44. The number of carbonyl (C=O) groups is 1. The Morgan fingerprint density at radius 3 is 2.58 bits per heavy atom. The molecular weight excluding hydrogens is 543 g/mol. The first-order valence-corrected chi connectivity index (χ1v) is 16.1. The van der Waals surface area contributed by atoms with Crippen molar-refractivity contribution < 1.29 is 26.8 Å². The van der Waals surface area contributed by atoms with E-state index in [1.165, 1.54) is 35.9 Å². The number of nitrogens with zero attached hydrogens (tertiary/aromatic N) is 2. The molecule has 13 heteroatoms. The lowest BCUT2D eigenvalue weighted by Gasteiger charge is -2.30. The molecule has 9 nitrogen and oxygen atoms in total. The zero-order chi connectivity index (χ0) is 26.0. The standard InChI is InChI=1S/C23H25N3O6S4/c1-33-18-6-4-17(5-7-18)20-8-9-21(34-20)23(15-22(27)25-28)10-12-26(13-14-35(23,29)30)36(31,32)19-3-2-11-24-16-19/h2-9,11,16,28H,10,12-15H2,1H3,(H,25,27). The zero-order valence-corrected chi connectivity index (χ0v) is 22.6. The number of hydrogen-bond donors (Lipinski definition) is 2. The molecule has 0 bridgehead atoms. The summed E-state index contributed by atoms with van der Waals surface area (Å²) < 4.78 is 53.3. The molecule has 1 aliphatic rings. The zero-order valence-electron chi connectivity index (χ0n) is 19.3. The van der Waals surface area contributed by atoms with Crippen LogP contribution in [0.2, 0.25) is 0 Å². The lowest BCUT2D eigenvalue weighted by molar-refractivity contribution is -0.129. The van der Waals surface area contributed by atoms with Crippen molar-refractivity contribution in [1.82, 2.24) is 14.8 Å².